The molecule has 0 atom stereocenters. The zero-order valence-electron chi connectivity index (χ0n) is 15.9. The monoisotopic (exact) mass is 375 g/mol. The summed E-state index contributed by atoms with van der Waals surface area (Å²) >= 11 is 0. The van der Waals surface area contributed by atoms with E-state index in [1.54, 1.807) is 6.20 Å². The molecule has 144 valence electrons. The molecule has 1 aliphatic rings. The lowest BCUT2D eigenvalue weighted by Crippen LogP contribution is -2.43. The minimum atomic E-state index is 0.519. The number of nitrogen functional groups attached to an aromatic ring is 1. The third-order valence-electron chi connectivity index (χ3n) is 4.87. The van der Waals surface area contributed by atoms with E-state index in [4.69, 9.17) is 5.73 Å². The first-order chi connectivity index (χ1) is 13.7. The van der Waals surface area contributed by atoms with Crippen LogP contribution in [0.3, 0.4) is 0 Å². The number of nitrogens with two attached hydrogens (primary N) is 1. The zero-order chi connectivity index (χ0) is 19.3. The van der Waals surface area contributed by atoms with Gasteiger partial charge in [0.15, 0.2) is 0 Å². The molecule has 1 aromatic heterocycles. The Morgan fingerprint density at radius 2 is 1.79 bits per heavy atom. The number of benzene rings is 2. The highest BCUT2D eigenvalue weighted by molar-refractivity contribution is 5.82. The van der Waals surface area contributed by atoms with Crippen molar-refractivity contribution in [3.8, 4) is 11.3 Å². The summed E-state index contributed by atoms with van der Waals surface area (Å²) in [6, 6.07) is 16.3. The zero-order valence-corrected chi connectivity index (χ0v) is 15.9. The highest BCUT2D eigenvalue weighted by Crippen LogP contribution is 2.31. The van der Waals surface area contributed by atoms with Gasteiger partial charge in [-0.2, -0.15) is 0 Å². The first kappa shape index (κ1) is 18.1. The maximum Gasteiger partial charge on any atom is 0.227 e. The number of rotatable bonds is 5. The molecule has 5 N–H and O–H groups in total. The van der Waals surface area contributed by atoms with Crippen molar-refractivity contribution in [1.29, 1.82) is 0 Å². The van der Waals surface area contributed by atoms with Crippen LogP contribution in [0.2, 0.25) is 0 Å². The summed E-state index contributed by atoms with van der Waals surface area (Å²) in [5, 5.41) is 9.84. The van der Waals surface area contributed by atoms with Gasteiger partial charge in [0, 0.05) is 55.9 Å². The van der Waals surface area contributed by atoms with Crippen LogP contribution in [0.15, 0.2) is 54.7 Å². The molecule has 0 spiro atoms. The topological polar surface area (TPSA) is 91.1 Å². The molecule has 3 aromatic rings. The minimum Gasteiger partial charge on any atom is -0.396 e. The lowest BCUT2D eigenvalue weighted by Gasteiger charge is -2.29. The second-order valence-corrected chi connectivity index (χ2v) is 6.70. The second kappa shape index (κ2) is 8.14. The van der Waals surface area contributed by atoms with Gasteiger partial charge in [-0.1, -0.05) is 18.2 Å². The van der Waals surface area contributed by atoms with E-state index in [2.05, 4.69) is 55.1 Å². The van der Waals surface area contributed by atoms with Crippen molar-refractivity contribution in [2.75, 3.05) is 54.5 Å². The molecule has 0 unspecified atom stereocenters. The van der Waals surface area contributed by atoms with Gasteiger partial charge in [-0.25, -0.2) is 9.97 Å². The average molecular weight is 375 g/mol. The summed E-state index contributed by atoms with van der Waals surface area (Å²) < 4.78 is 0. The Morgan fingerprint density at radius 3 is 2.54 bits per heavy atom. The minimum absolute atomic E-state index is 0.519. The van der Waals surface area contributed by atoms with Crippen molar-refractivity contribution in [2.45, 2.75) is 0 Å². The number of nitrogens with zero attached hydrogens (tertiary/aromatic N) is 3. The van der Waals surface area contributed by atoms with Gasteiger partial charge in [0.2, 0.25) is 5.95 Å². The molecule has 0 amide bonds. The maximum atomic E-state index is 6.15. The standard InChI is InChI=1S/C21H25N7/c1-23-19-5-3-2-4-17(19)20-18(22)14-25-21(27-20)26-15-6-8-16(9-7-15)28-12-10-24-11-13-28/h2-9,14,23-24H,10-13,22H2,1H3,(H,25,26,27). The van der Waals surface area contributed by atoms with Crippen molar-refractivity contribution in [1.82, 2.24) is 15.3 Å². The van der Waals surface area contributed by atoms with Crippen LogP contribution in [0.4, 0.5) is 28.7 Å². The summed E-state index contributed by atoms with van der Waals surface area (Å²) in [6.45, 7) is 4.11. The largest absolute Gasteiger partial charge is 0.396 e. The molecular formula is C21H25N7. The van der Waals surface area contributed by atoms with Gasteiger partial charge < -0.3 is 26.6 Å². The first-order valence-corrected chi connectivity index (χ1v) is 9.47. The quantitative estimate of drug-likeness (QED) is 0.545. The molecular weight excluding hydrogens is 350 g/mol. The fourth-order valence-electron chi connectivity index (χ4n) is 3.38. The number of hydrogen-bond donors (Lipinski definition) is 4. The number of hydrogen-bond acceptors (Lipinski definition) is 7. The Morgan fingerprint density at radius 1 is 1.04 bits per heavy atom. The van der Waals surface area contributed by atoms with Crippen LogP contribution in [0.5, 0.6) is 0 Å². The summed E-state index contributed by atoms with van der Waals surface area (Å²) in [4.78, 5) is 11.4. The van der Waals surface area contributed by atoms with Crippen LogP contribution in [0, 0.1) is 0 Å². The van der Waals surface area contributed by atoms with Crippen LogP contribution in [-0.2, 0) is 0 Å². The molecule has 7 nitrogen and oxygen atoms in total. The Bertz CT molecular complexity index is 934. The lowest BCUT2D eigenvalue weighted by atomic mass is 10.1. The summed E-state index contributed by atoms with van der Waals surface area (Å²) in [6.07, 6.45) is 1.65. The molecule has 0 bridgehead atoms. The number of piperazine rings is 1. The molecule has 0 aliphatic carbocycles. The van der Waals surface area contributed by atoms with Crippen molar-refractivity contribution in [3.05, 3.63) is 54.7 Å². The predicted octanol–water partition coefficient (Wildman–Crippen LogP) is 2.92. The normalized spacial score (nSPS) is 14.0. The highest BCUT2D eigenvalue weighted by atomic mass is 15.2. The van der Waals surface area contributed by atoms with Crippen molar-refractivity contribution < 1.29 is 0 Å². The SMILES string of the molecule is CNc1ccccc1-c1nc(Nc2ccc(N3CCNCC3)cc2)ncc1N. The van der Waals surface area contributed by atoms with Gasteiger partial charge in [-0.3, -0.25) is 0 Å². The Balaban J connectivity index is 1.55. The van der Waals surface area contributed by atoms with E-state index in [1.165, 1.54) is 5.69 Å². The molecule has 2 heterocycles. The van der Waals surface area contributed by atoms with Crippen molar-refractivity contribution >= 4 is 28.7 Å². The predicted molar refractivity (Wildman–Crippen MR) is 116 cm³/mol. The molecule has 1 fully saturated rings. The molecule has 2 aromatic carbocycles. The summed E-state index contributed by atoms with van der Waals surface area (Å²) in [7, 11) is 1.88. The fraction of sp³-hybridized carbons (Fsp3) is 0.238. The molecule has 4 rings (SSSR count). The van der Waals surface area contributed by atoms with Crippen molar-refractivity contribution in [2.24, 2.45) is 0 Å². The van der Waals surface area contributed by atoms with Crippen LogP contribution in [-0.4, -0.2) is 43.2 Å². The first-order valence-electron chi connectivity index (χ1n) is 9.47. The van der Waals surface area contributed by atoms with Gasteiger partial charge in [-0.15, -0.1) is 0 Å². The van der Waals surface area contributed by atoms with Crippen LogP contribution in [0.25, 0.3) is 11.3 Å². The molecule has 28 heavy (non-hydrogen) atoms. The van der Waals surface area contributed by atoms with Gasteiger partial charge >= 0.3 is 0 Å². The molecule has 1 saturated heterocycles. The van der Waals surface area contributed by atoms with E-state index in [9.17, 15) is 0 Å². The van der Waals surface area contributed by atoms with E-state index in [1.807, 2.05) is 31.3 Å². The van der Waals surface area contributed by atoms with E-state index >= 15 is 0 Å². The number of nitrogens with one attached hydrogen (secondary N) is 3. The lowest BCUT2D eigenvalue weighted by molar-refractivity contribution is 0.589. The Hall–Kier alpha value is -3.32. The van der Waals surface area contributed by atoms with Gasteiger partial charge in [0.1, 0.15) is 5.69 Å². The van der Waals surface area contributed by atoms with E-state index in [0.717, 1.165) is 43.1 Å². The highest BCUT2D eigenvalue weighted by Gasteiger charge is 2.12. The fourth-order valence-corrected chi connectivity index (χ4v) is 3.38. The van der Waals surface area contributed by atoms with Crippen LogP contribution >= 0.6 is 0 Å². The molecule has 1 aliphatic heterocycles. The molecule has 7 heteroatoms. The molecule has 0 radical (unpaired) electrons. The van der Waals surface area contributed by atoms with Crippen molar-refractivity contribution in [3.63, 3.8) is 0 Å². The third-order valence-corrected chi connectivity index (χ3v) is 4.87. The Kier molecular flexibility index (Phi) is 5.25. The Labute approximate surface area is 165 Å². The van der Waals surface area contributed by atoms with E-state index in [0.29, 0.717) is 17.3 Å². The average Bonchev–Trinajstić information content (AvgIpc) is 2.76. The van der Waals surface area contributed by atoms with Crippen LogP contribution < -0.4 is 26.6 Å². The number of aromatic nitrogens is 2. The summed E-state index contributed by atoms with van der Waals surface area (Å²) in [5.41, 5.74) is 11.5. The van der Waals surface area contributed by atoms with Gasteiger partial charge in [0.05, 0.1) is 11.9 Å². The maximum absolute atomic E-state index is 6.15. The third kappa shape index (κ3) is 3.84. The van der Waals surface area contributed by atoms with Crippen LogP contribution in [0.1, 0.15) is 0 Å². The van der Waals surface area contributed by atoms with E-state index < -0.39 is 0 Å². The molecule has 0 saturated carbocycles. The second-order valence-electron chi connectivity index (χ2n) is 6.70. The smallest absolute Gasteiger partial charge is 0.227 e. The number of para-hydroxylation sites is 1. The van der Waals surface area contributed by atoms with Gasteiger partial charge in [-0.05, 0) is 30.3 Å². The summed E-state index contributed by atoms with van der Waals surface area (Å²) in [5.74, 6) is 0.519. The number of anilines is 5. The van der Waals surface area contributed by atoms with Gasteiger partial charge in [0.25, 0.3) is 0 Å². The van der Waals surface area contributed by atoms with E-state index in [-0.39, 0.29) is 0 Å².